The van der Waals surface area contributed by atoms with Crippen LogP contribution in [0.4, 0.5) is 0 Å². The number of benzene rings is 1. The molecule has 0 aliphatic rings. The number of carboxylic acid groups (broad SMARTS) is 1. The lowest BCUT2D eigenvalue weighted by molar-refractivity contribution is -0.131. The van der Waals surface area contributed by atoms with Crippen LogP contribution in [0.3, 0.4) is 0 Å². The van der Waals surface area contributed by atoms with Gasteiger partial charge >= 0.3 is 5.97 Å². The highest BCUT2D eigenvalue weighted by Gasteiger charge is 2.04. The summed E-state index contributed by atoms with van der Waals surface area (Å²) in [6, 6.07) is 8.23. The van der Waals surface area contributed by atoms with Gasteiger partial charge in [-0.05, 0) is 11.6 Å². The predicted octanol–water partition coefficient (Wildman–Crippen LogP) is 1.91. The zero-order valence-electron chi connectivity index (χ0n) is 10.3. The molecule has 4 nitrogen and oxygen atoms in total. The minimum Gasteiger partial charge on any atom is -0.478 e. The molecule has 4 heteroatoms. The first-order valence-electron chi connectivity index (χ1n) is 5.81. The van der Waals surface area contributed by atoms with Gasteiger partial charge < -0.3 is 15.0 Å². The third-order valence-corrected chi connectivity index (χ3v) is 2.82. The van der Waals surface area contributed by atoms with Crippen molar-refractivity contribution in [1.82, 2.24) is 9.88 Å². The lowest BCUT2D eigenvalue weighted by Crippen LogP contribution is -2.12. The molecule has 1 heterocycles. The van der Waals surface area contributed by atoms with Gasteiger partial charge in [-0.2, -0.15) is 0 Å². The number of nitrogens with zero attached hydrogens (tertiary/aromatic N) is 1. The van der Waals surface area contributed by atoms with E-state index in [9.17, 15) is 4.79 Å². The molecule has 1 aromatic heterocycles. The molecule has 0 unspecified atom stereocenters. The Morgan fingerprint density at radius 1 is 1.44 bits per heavy atom. The number of nitrogens with one attached hydrogen (secondary N) is 1. The molecule has 2 rings (SSSR count). The Balaban J connectivity index is 2.02. The van der Waals surface area contributed by atoms with Gasteiger partial charge in [0.25, 0.3) is 0 Å². The summed E-state index contributed by atoms with van der Waals surface area (Å²) in [6.07, 6.45) is 4.85. The number of rotatable bonds is 5. The number of aryl methyl sites for hydroxylation is 1. The van der Waals surface area contributed by atoms with Crippen LogP contribution in [0.1, 0.15) is 5.56 Å². The fourth-order valence-corrected chi connectivity index (χ4v) is 2.02. The summed E-state index contributed by atoms with van der Waals surface area (Å²) in [5.74, 6) is -0.915. The maximum atomic E-state index is 10.3. The van der Waals surface area contributed by atoms with Crippen LogP contribution < -0.4 is 5.32 Å². The molecule has 1 aromatic carbocycles. The SMILES string of the molecule is Cn1cc(CNC/C=C/C(=O)O)c2ccccc21. The van der Waals surface area contributed by atoms with E-state index < -0.39 is 5.97 Å². The van der Waals surface area contributed by atoms with Gasteiger partial charge in [-0.1, -0.05) is 24.3 Å². The third kappa shape index (κ3) is 2.78. The van der Waals surface area contributed by atoms with Gasteiger partial charge in [0.2, 0.25) is 0 Å². The molecular formula is C14H16N2O2. The van der Waals surface area contributed by atoms with E-state index in [2.05, 4.69) is 28.2 Å². The average Bonchev–Trinajstić information content (AvgIpc) is 2.66. The van der Waals surface area contributed by atoms with Gasteiger partial charge in [-0.15, -0.1) is 0 Å². The third-order valence-electron chi connectivity index (χ3n) is 2.82. The Labute approximate surface area is 106 Å². The van der Waals surface area contributed by atoms with Gasteiger partial charge in [-0.25, -0.2) is 4.79 Å². The van der Waals surface area contributed by atoms with Crippen molar-refractivity contribution in [3.63, 3.8) is 0 Å². The number of aliphatic carboxylic acids is 1. The Hall–Kier alpha value is -2.07. The van der Waals surface area contributed by atoms with Gasteiger partial charge in [0, 0.05) is 43.3 Å². The molecule has 0 amide bonds. The summed E-state index contributed by atoms with van der Waals surface area (Å²) >= 11 is 0. The number of fused-ring (bicyclic) bond motifs is 1. The lowest BCUT2D eigenvalue weighted by Gasteiger charge is -1.99. The predicted molar refractivity (Wildman–Crippen MR) is 71.4 cm³/mol. The van der Waals surface area contributed by atoms with E-state index >= 15 is 0 Å². The molecule has 2 aromatic rings. The highest BCUT2D eigenvalue weighted by atomic mass is 16.4. The molecule has 0 aliphatic heterocycles. The second kappa shape index (κ2) is 5.51. The summed E-state index contributed by atoms with van der Waals surface area (Å²) in [5.41, 5.74) is 2.42. The molecular weight excluding hydrogens is 228 g/mol. The second-order valence-corrected chi connectivity index (χ2v) is 4.15. The van der Waals surface area contributed by atoms with E-state index in [-0.39, 0.29) is 0 Å². The Kier molecular flexibility index (Phi) is 3.79. The van der Waals surface area contributed by atoms with Crippen LogP contribution >= 0.6 is 0 Å². The quantitative estimate of drug-likeness (QED) is 0.624. The summed E-state index contributed by atoms with van der Waals surface area (Å²) in [4.78, 5) is 10.3. The van der Waals surface area contributed by atoms with Crippen molar-refractivity contribution in [2.24, 2.45) is 7.05 Å². The van der Waals surface area contributed by atoms with Gasteiger partial charge in [0.1, 0.15) is 0 Å². The molecule has 2 N–H and O–H groups in total. The van der Waals surface area contributed by atoms with Crippen molar-refractivity contribution in [2.45, 2.75) is 6.54 Å². The Morgan fingerprint density at radius 3 is 3.00 bits per heavy atom. The molecule has 0 spiro atoms. The highest BCUT2D eigenvalue weighted by molar-refractivity contribution is 5.83. The van der Waals surface area contributed by atoms with E-state index in [0.717, 1.165) is 12.6 Å². The minimum atomic E-state index is -0.915. The molecule has 0 radical (unpaired) electrons. The van der Waals surface area contributed by atoms with Gasteiger partial charge in [0.15, 0.2) is 0 Å². The summed E-state index contributed by atoms with van der Waals surface area (Å²) in [5, 5.41) is 12.9. The van der Waals surface area contributed by atoms with Crippen LogP contribution in [-0.4, -0.2) is 22.2 Å². The smallest absolute Gasteiger partial charge is 0.328 e. The van der Waals surface area contributed by atoms with Gasteiger partial charge in [0.05, 0.1) is 0 Å². The zero-order chi connectivity index (χ0) is 13.0. The van der Waals surface area contributed by atoms with E-state index in [1.165, 1.54) is 16.5 Å². The molecule has 0 bridgehead atoms. The topological polar surface area (TPSA) is 54.3 Å². The molecule has 0 saturated heterocycles. The van der Waals surface area contributed by atoms with Gasteiger partial charge in [-0.3, -0.25) is 0 Å². The van der Waals surface area contributed by atoms with Crippen molar-refractivity contribution < 1.29 is 9.90 Å². The number of carbonyl (C=O) groups is 1. The van der Waals surface area contributed by atoms with Crippen molar-refractivity contribution in [2.75, 3.05) is 6.54 Å². The molecule has 18 heavy (non-hydrogen) atoms. The molecule has 0 aliphatic carbocycles. The number of hydrogen-bond acceptors (Lipinski definition) is 2. The standard InChI is InChI=1S/C14H16N2O2/c1-16-10-11(9-15-8-4-7-14(17)18)12-5-2-3-6-13(12)16/h2-7,10,15H,8-9H2,1H3,(H,17,18)/b7-4+. The fraction of sp³-hybridized carbons (Fsp3) is 0.214. The fourth-order valence-electron chi connectivity index (χ4n) is 2.02. The zero-order valence-corrected chi connectivity index (χ0v) is 10.3. The van der Waals surface area contributed by atoms with Crippen molar-refractivity contribution in [1.29, 1.82) is 0 Å². The van der Waals surface area contributed by atoms with E-state index in [0.29, 0.717) is 6.54 Å². The number of aromatic nitrogens is 1. The van der Waals surface area contributed by atoms with Crippen molar-refractivity contribution in [3.8, 4) is 0 Å². The van der Waals surface area contributed by atoms with Crippen LogP contribution in [0.25, 0.3) is 10.9 Å². The maximum Gasteiger partial charge on any atom is 0.328 e. The van der Waals surface area contributed by atoms with Crippen LogP contribution in [0, 0.1) is 0 Å². The summed E-state index contributed by atoms with van der Waals surface area (Å²) in [6.45, 7) is 1.28. The van der Waals surface area contributed by atoms with Crippen molar-refractivity contribution >= 4 is 16.9 Å². The van der Waals surface area contributed by atoms with E-state index in [1.807, 2.05) is 19.2 Å². The Morgan fingerprint density at radius 2 is 2.22 bits per heavy atom. The van der Waals surface area contributed by atoms with Crippen LogP contribution in [-0.2, 0) is 18.4 Å². The normalized spacial score (nSPS) is 11.4. The van der Waals surface area contributed by atoms with E-state index in [1.54, 1.807) is 6.08 Å². The average molecular weight is 244 g/mol. The molecule has 94 valence electrons. The number of carboxylic acids is 1. The molecule has 0 atom stereocenters. The minimum absolute atomic E-state index is 0.551. The Bertz CT molecular complexity index is 584. The lowest BCUT2D eigenvalue weighted by atomic mass is 10.2. The molecule has 0 saturated carbocycles. The number of hydrogen-bond donors (Lipinski definition) is 2. The maximum absolute atomic E-state index is 10.3. The monoisotopic (exact) mass is 244 g/mol. The summed E-state index contributed by atoms with van der Waals surface area (Å²) < 4.78 is 2.10. The van der Waals surface area contributed by atoms with Crippen LogP contribution in [0.15, 0.2) is 42.6 Å². The first kappa shape index (κ1) is 12.4. The number of para-hydroxylation sites is 1. The highest BCUT2D eigenvalue weighted by Crippen LogP contribution is 2.19. The summed E-state index contributed by atoms with van der Waals surface area (Å²) in [7, 11) is 2.02. The first-order valence-corrected chi connectivity index (χ1v) is 5.81. The first-order chi connectivity index (χ1) is 8.68. The second-order valence-electron chi connectivity index (χ2n) is 4.15. The van der Waals surface area contributed by atoms with Crippen LogP contribution in [0.5, 0.6) is 0 Å². The largest absolute Gasteiger partial charge is 0.478 e. The molecule has 0 fully saturated rings. The van der Waals surface area contributed by atoms with Crippen molar-refractivity contribution in [3.05, 3.63) is 48.2 Å². The van der Waals surface area contributed by atoms with E-state index in [4.69, 9.17) is 5.11 Å². The van der Waals surface area contributed by atoms with Crippen LogP contribution in [0.2, 0.25) is 0 Å².